The zero-order valence-corrected chi connectivity index (χ0v) is 13.2. The third-order valence-corrected chi connectivity index (χ3v) is 4.08. The second-order valence-electron chi connectivity index (χ2n) is 6.59. The Hall–Kier alpha value is -1.06. The molecule has 0 aromatic heterocycles. The molecule has 1 fully saturated rings. The zero-order valence-electron chi connectivity index (χ0n) is 13.2. The second-order valence-corrected chi connectivity index (χ2v) is 6.59. The molecule has 1 aliphatic rings. The maximum Gasteiger partial charge on any atom is 0.124 e. The molecule has 1 aliphatic heterocycles. The molecule has 1 aromatic carbocycles. The smallest absolute Gasteiger partial charge is 0.124 e. The van der Waals surface area contributed by atoms with Crippen LogP contribution in [0.3, 0.4) is 0 Å². The van der Waals surface area contributed by atoms with Crippen LogP contribution in [0.25, 0.3) is 0 Å². The van der Waals surface area contributed by atoms with E-state index in [0.29, 0.717) is 6.61 Å². The predicted octanol–water partition coefficient (Wildman–Crippen LogP) is 3.35. The summed E-state index contributed by atoms with van der Waals surface area (Å²) in [6.07, 6.45) is 2.25. The van der Waals surface area contributed by atoms with Crippen LogP contribution in [0.1, 0.15) is 52.1 Å². The van der Waals surface area contributed by atoms with Gasteiger partial charge in [-0.1, -0.05) is 18.2 Å². The van der Waals surface area contributed by atoms with Gasteiger partial charge in [0.05, 0.1) is 12.6 Å². The summed E-state index contributed by atoms with van der Waals surface area (Å²) in [7, 11) is 0. The quantitative estimate of drug-likeness (QED) is 0.920. The van der Waals surface area contributed by atoms with E-state index >= 15 is 0 Å². The van der Waals surface area contributed by atoms with Crippen LogP contribution in [0.4, 0.5) is 0 Å². The molecular formula is C17H28N2O. The number of nitrogens with zero attached hydrogens (tertiary/aromatic N) is 1. The summed E-state index contributed by atoms with van der Waals surface area (Å²) in [6.45, 7) is 10.6. The molecule has 0 spiro atoms. The molecule has 0 bridgehead atoms. The van der Waals surface area contributed by atoms with Crippen molar-refractivity contribution in [2.75, 3.05) is 13.2 Å². The summed E-state index contributed by atoms with van der Waals surface area (Å²) >= 11 is 0. The summed E-state index contributed by atoms with van der Waals surface area (Å²) in [5.41, 5.74) is 7.81. The Morgan fingerprint density at radius 3 is 2.65 bits per heavy atom. The predicted molar refractivity (Wildman–Crippen MR) is 84.0 cm³/mol. The molecule has 2 unspecified atom stereocenters. The van der Waals surface area contributed by atoms with Crippen LogP contribution in [0.2, 0.25) is 0 Å². The van der Waals surface area contributed by atoms with Gasteiger partial charge >= 0.3 is 0 Å². The van der Waals surface area contributed by atoms with Crippen molar-refractivity contribution in [1.82, 2.24) is 4.90 Å². The highest BCUT2D eigenvalue weighted by molar-refractivity contribution is 5.37. The summed E-state index contributed by atoms with van der Waals surface area (Å²) in [5, 5.41) is 0. The Labute approximate surface area is 123 Å². The molecule has 20 heavy (non-hydrogen) atoms. The van der Waals surface area contributed by atoms with Crippen LogP contribution in [0, 0.1) is 0 Å². The molecule has 2 N–H and O–H groups in total. The Kier molecular flexibility index (Phi) is 4.71. The van der Waals surface area contributed by atoms with E-state index in [-0.39, 0.29) is 17.6 Å². The molecule has 112 valence electrons. The third-order valence-electron chi connectivity index (χ3n) is 4.08. The molecule has 3 heteroatoms. The van der Waals surface area contributed by atoms with Gasteiger partial charge in [-0.15, -0.1) is 0 Å². The zero-order chi connectivity index (χ0) is 14.8. The van der Waals surface area contributed by atoms with E-state index in [1.807, 2.05) is 13.0 Å². The lowest BCUT2D eigenvalue weighted by Crippen LogP contribution is -2.53. The van der Waals surface area contributed by atoms with Crippen LogP contribution in [-0.2, 0) is 0 Å². The van der Waals surface area contributed by atoms with Crippen LogP contribution in [-0.4, -0.2) is 29.6 Å². The fourth-order valence-corrected chi connectivity index (χ4v) is 3.19. The number of rotatable bonds is 3. The Bertz CT molecular complexity index is 439. The minimum Gasteiger partial charge on any atom is -0.494 e. The molecule has 0 saturated carbocycles. The van der Waals surface area contributed by atoms with Gasteiger partial charge in [0.15, 0.2) is 0 Å². The number of hydrogen-bond acceptors (Lipinski definition) is 3. The number of piperidine rings is 1. The monoisotopic (exact) mass is 276 g/mol. The van der Waals surface area contributed by atoms with Crippen molar-refractivity contribution in [3.8, 4) is 5.75 Å². The maximum absolute atomic E-state index is 6.47. The molecule has 1 heterocycles. The minimum absolute atomic E-state index is 0.113. The van der Waals surface area contributed by atoms with E-state index in [9.17, 15) is 0 Å². The van der Waals surface area contributed by atoms with Gasteiger partial charge < -0.3 is 10.5 Å². The highest BCUT2D eigenvalue weighted by Gasteiger charge is 2.37. The van der Waals surface area contributed by atoms with Crippen molar-refractivity contribution in [3.63, 3.8) is 0 Å². The number of likely N-dealkylation sites (tertiary alicyclic amines) is 1. The van der Waals surface area contributed by atoms with Gasteiger partial charge in [-0.05, 0) is 53.1 Å². The highest BCUT2D eigenvalue weighted by Crippen LogP contribution is 2.39. The summed E-state index contributed by atoms with van der Waals surface area (Å²) in [4.78, 5) is 2.53. The average Bonchev–Trinajstić information content (AvgIpc) is 2.39. The van der Waals surface area contributed by atoms with Crippen molar-refractivity contribution in [3.05, 3.63) is 29.8 Å². The van der Waals surface area contributed by atoms with Crippen molar-refractivity contribution in [1.29, 1.82) is 0 Å². The lowest BCUT2D eigenvalue weighted by atomic mass is 9.86. The van der Waals surface area contributed by atoms with Gasteiger partial charge in [-0.3, -0.25) is 4.90 Å². The average molecular weight is 276 g/mol. The van der Waals surface area contributed by atoms with Gasteiger partial charge in [-0.2, -0.15) is 0 Å². The number of para-hydroxylation sites is 1. The molecule has 0 aliphatic carbocycles. The largest absolute Gasteiger partial charge is 0.494 e. The van der Waals surface area contributed by atoms with Crippen LogP contribution < -0.4 is 10.5 Å². The third kappa shape index (κ3) is 3.15. The van der Waals surface area contributed by atoms with E-state index in [0.717, 1.165) is 18.7 Å². The summed E-state index contributed by atoms with van der Waals surface area (Å²) in [6, 6.07) is 8.75. The maximum atomic E-state index is 6.47. The van der Waals surface area contributed by atoms with Gasteiger partial charge in [0.2, 0.25) is 0 Å². The molecule has 3 nitrogen and oxygen atoms in total. The second kappa shape index (κ2) is 6.15. The fourth-order valence-electron chi connectivity index (χ4n) is 3.19. The first-order valence-electron chi connectivity index (χ1n) is 7.69. The van der Waals surface area contributed by atoms with E-state index in [1.54, 1.807) is 0 Å². The van der Waals surface area contributed by atoms with Gasteiger partial charge in [0, 0.05) is 17.1 Å². The Balaban J connectivity index is 2.40. The molecule has 0 amide bonds. The number of ether oxygens (including phenoxy) is 1. The van der Waals surface area contributed by atoms with Crippen LogP contribution in [0.5, 0.6) is 5.75 Å². The molecule has 1 saturated heterocycles. The standard InChI is InChI=1S/C17H28N2O/c1-5-20-15-11-7-6-9-13(15)16-14(18)10-8-12-19(16)17(2,3)4/h6-7,9,11,14,16H,5,8,10,12,18H2,1-4H3. The number of benzene rings is 1. The van der Waals surface area contributed by atoms with E-state index < -0.39 is 0 Å². The summed E-state index contributed by atoms with van der Waals surface area (Å²) < 4.78 is 5.82. The van der Waals surface area contributed by atoms with Crippen LogP contribution in [0.15, 0.2) is 24.3 Å². The molecular weight excluding hydrogens is 248 g/mol. The van der Waals surface area contributed by atoms with Gasteiger partial charge in [0.1, 0.15) is 5.75 Å². The topological polar surface area (TPSA) is 38.5 Å². The molecule has 0 radical (unpaired) electrons. The van der Waals surface area contributed by atoms with E-state index in [2.05, 4.69) is 43.9 Å². The number of nitrogens with two attached hydrogens (primary N) is 1. The summed E-state index contributed by atoms with van der Waals surface area (Å²) in [5.74, 6) is 0.978. The Morgan fingerprint density at radius 1 is 1.30 bits per heavy atom. The van der Waals surface area contributed by atoms with Gasteiger partial charge in [0.25, 0.3) is 0 Å². The molecule has 1 aromatic rings. The first kappa shape index (κ1) is 15.3. The van der Waals surface area contributed by atoms with Crippen molar-refractivity contribution in [2.45, 2.75) is 58.2 Å². The van der Waals surface area contributed by atoms with Crippen molar-refractivity contribution >= 4 is 0 Å². The van der Waals surface area contributed by atoms with Crippen molar-refractivity contribution < 1.29 is 4.74 Å². The highest BCUT2D eigenvalue weighted by atomic mass is 16.5. The normalized spacial score (nSPS) is 24.6. The van der Waals surface area contributed by atoms with Gasteiger partial charge in [-0.25, -0.2) is 0 Å². The first-order valence-corrected chi connectivity index (χ1v) is 7.69. The molecule has 2 rings (SSSR count). The fraction of sp³-hybridized carbons (Fsp3) is 0.647. The Morgan fingerprint density at radius 2 is 2.00 bits per heavy atom. The SMILES string of the molecule is CCOc1ccccc1C1C(N)CCCN1C(C)(C)C. The first-order chi connectivity index (χ1) is 9.45. The molecule has 2 atom stereocenters. The van der Waals surface area contributed by atoms with Crippen LogP contribution >= 0.6 is 0 Å². The van der Waals surface area contributed by atoms with Crippen molar-refractivity contribution in [2.24, 2.45) is 5.73 Å². The van der Waals surface area contributed by atoms with E-state index in [4.69, 9.17) is 10.5 Å². The number of hydrogen-bond donors (Lipinski definition) is 1. The lowest BCUT2D eigenvalue weighted by Gasteiger charge is -2.47. The van der Waals surface area contributed by atoms with E-state index in [1.165, 1.54) is 12.0 Å². The minimum atomic E-state index is 0.113. The lowest BCUT2D eigenvalue weighted by molar-refractivity contribution is 0.0370.